The molecule has 1 unspecified atom stereocenters. The van der Waals surface area contributed by atoms with Crippen molar-refractivity contribution in [2.45, 2.75) is 6.04 Å². The molecule has 0 spiro atoms. The fourth-order valence-corrected chi connectivity index (χ4v) is 2.94. The molecule has 1 heterocycles. The van der Waals surface area contributed by atoms with Crippen molar-refractivity contribution in [1.82, 2.24) is 15.1 Å². The third kappa shape index (κ3) is 3.73. The summed E-state index contributed by atoms with van der Waals surface area (Å²) >= 11 is 0. The molecular formula is C17H27N3O4. The highest BCUT2D eigenvalue weighted by Crippen LogP contribution is 2.39. The van der Waals surface area contributed by atoms with Crippen LogP contribution < -0.4 is 19.5 Å². The minimum Gasteiger partial charge on any atom is -0.496 e. The van der Waals surface area contributed by atoms with Gasteiger partial charge in [-0.25, -0.2) is 0 Å². The first-order valence-electron chi connectivity index (χ1n) is 7.99. The second kappa shape index (κ2) is 8.21. The molecule has 7 nitrogen and oxygen atoms in total. The molecule has 2 rings (SSSR count). The number of carbonyl (C=O) groups is 1. The Bertz CT molecular complexity index is 571. The summed E-state index contributed by atoms with van der Waals surface area (Å²) in [4.78, 5) is 16.7. The number of likely N-dealkylation sites (N-methyl/N-ethyl adjacent to an activating group) is 1. The maximum atomic E-state index is 12.9. The van der Waals surface area contributed by atoms with E-state index in [1.807, 2.05) is 6.07 Å². The van der Waals surface area contributed by atoms with Crippen molar-refractivity contribution in [3.63, 3.8) is 0 Å². The summed E-state index contributed by atoms with van der Waals surface area (Å²) in [6.07, 6.45) is 0. The lowest BCUT2D eigenvalue weighted by Crippen LogP contribution is -2.49. The van der Waals surface area contributed by atoms with Crippen LogP contribution in [0.2, 0.25) is 0 Å². The highest BCUT2D eigenvalue weighted by Gasteiger charge is 2.33. The summed E-state index contributed by atoms with van der Waals surface area (Å²) < 4.78 is 16.3. The van der Waals surface area contributed by atoms with Crippen LogP contribution >= 0.6 is 0 Å². The summed E-state index contributed by atoms with van der Waals surface area (Å²) in [6.45, 7) is 3.29. The van der Waals surface area contributed by atoms with Gasteiger partial charge in [-0.15, -0.1) is 0 Å². The lowest BCUT2D eigenvalue weighted by molar-refractivity contribution is -0.135. The first kappa shape index (κ1) is 18.4. The number of hydrogen-bond donors (Lipinski definition) is 1. The van der Waals surface area contributed by atoms with Gasteiger partial charge in [0.25, 0.3) is 0 Å². The molecule has 0 saturated carbocycles. The second-order valence-corrected chi connectivity index (χ2v) is 5.87. The van der Waals surface area contributed by atoms with Gasteiger partial charge in [0.05, 0.1) is 21.3 Å². The molecule has 1 saturated heterocycles. The van der Waals surface area contributed by atoms with Gasteiger partial charge in [-0.3, -0.25) is 9.69 Å². The topological polar surface area (TPSA) is 63.3 Å². The Morgan fingerprint density at radius 1 is 1.04 bits per heavy atom. The second-order valence-electron chi connectivity index (χ2n) is 5.87. The number of piperazine rings is 1. The molecule has 1 N–H and O–H groups in total. The Hall–Kier alpha value is -1.99. The maximum absolute atomic E-state index is 12.9. The van der Waals surface area contributed by atoms with Crippen LogP contribution in [0.15, 0.2) is 12.1 Å². The minimum absolute atomic E-state index is 0.0161. The zero-order valence-corrected chi connectivity index (χ0v) is 15.1. The predicted octanol–water partition coefficient (Wildman–Crippen LogP) is 0.747. The largest absolute Gasteiger partial charge is 0.496 e. The number of carbonyl (C=O) groups excluding carboxylic acids is 1. The number of methoxy groups -OCH3 is 3. The third-order valence-electron chi connectivity index (χ3n) is 4.22. The fourth-order valence-electron chi connectivity index (χ4n) is 2.94. The summed E-state index contributed by atoms with van der Waals surface area (Å²) in [7, 11) is 8.30. The number of rotatable bonds is 6. The molecule has 1 aliphatic rings. The van der Waals surface area contributed by atoms with E-state index in [0.29, 0.717) is 17.2 Å². The smallest absolute Gasteiger partial charge is 0.244 e. The maximum Gasteiger partial charge on any atom is 0.244 e. The third-order valence-corrected chi connectivity index (χ3v) is 4.22. The van der Waals surface area contributed by atoms with E-state index in [-0.39, 0.29) is 5.91 Å². The number of hydrogen-bond acceptors (Lipinski definition) is 6. The summed E-state index contributed by atoms with van der Waals surface area (Å²) in [5.41, 5.74) is 0.788. The first-order valence-corrected chi connectivity index (χ1v) is 7.99. The predicted molar refractivity (Wildman–Crippen MR) is 92.0 cm³/mol. The molecule has 1 fully saturated rings. The van der Waals surface area contributed by atoms with Gasteiger partial charge in [0.2, 0.25) is 5.91 Å². The highest BCUT2D eigenvalue weighted by molar-refractivity contribution is 5.84. The molecule has 24 heavy (non-hydrogen) atoms. The van der Waals surface area contributed by atoms with Crippen LogP contribution in [0, 0.1) is 0 Å². The quantitative estimate of drug-likeness (QED) is 0.826. The molecule has 1 aromatic rings. The van der Waals surface area contributed by atoms with E-state index in [2.05, 4.69) is 10.2 Å². The van der Waals surface area contributed by atoms with Crippen LogP contribution in [0.1, 0.15) is 11.6 Å². The monoisotopic (exact) mass is 337 g/mol. The van der Waals surface area contributed by atoms with Crippen molar-refractivity contribution in [3.8, 4) is 17.2 Å². The fraction of sp³-hybridized carbons (Fsp3) is 0.588. The van der Waals surface area contributed by atoms with Crippen LogP contribution in [0.4, 0.5) is 0 Å². The van der Waals surface area contributed by atoms with Gasteiger partial charge in [0.1, 0.15) is 11.8 Å². The van der Waals surface area contributed by atoms with Crippen molar-refractivity contribution in [2.75, 3.05) is 61.6 Å². The van der Waals surface area contributed by atoms with E-state index in [1.54, 1.807) is 46.4 Å². The van der Waals surface area contributed by atoms with Gasteiger partial charge < -0.3 is 24.4 Å². The van der Waals surface area contributed by atoms with Crippen molar-refractivity contribution in [3.05, 3.63) is 17.7 Å². The van der Waals surface area contributed by atoms with Gasteiger partial charge in [-0.1, -0.05) is 0 Å². The lowest BCUT2D eigenvalue weighted by atomic mass is 10.0. The Morgan fingerprint density at radius 3 is 2.08 bits per heavy atom. The Balaban J connectivity index is 2.53. The number of nitrogens with zero attached hydrogens (tertiary/aromatic N) is 2. The van der Waals surface area contributed by atoms with Crippen LogP contribution in [-0.2, 0) is 4.79 Å². The van der Waals surface area contributed by atoms with E-state index in [9.17, 15) is 4.79 Å². The SMILES string of the molecule is COc1cc(OC)c(C(C(=O)N(C)C)N2CCNCC2)cc1OC. The minimum atomic E-state index is -0.420. The average molecular weight is 337 g/mol. The molecule has 7 heteroatoms. The number of benzene rings is 1. The molecule has 0 radical (unpaired) electrons. The van der Waals surface area contributed by atoms with Crippen molar-refractivity contribution >= 4 is 5.91 Å². The van der Waals surface area contributed by atoms with E-state index >= 15 is 0 Å². The normalized spacial score (nSPS) is 16.4. The molecule has 1 aliphatic heterocycles. The Kier molecular flexibility index (Phi) is 6.28. The van der Waals surface area contributed by atoms with E-state index in [0.717, 1.165) is 31.7 Å². The van der Waals surface area contributed by atoms with Crippen molar-refractivity contribution in [1.29, 1.82) is 0 Å². The standard InChI is InChI=1S/C17H27N3O4/c1-19(2)17(21)16(20-8-6-18-7-9-20)12-10-14(23-4)15(24-5)11-13(12)22-3/h10-11,16,18H,6-9H2,1-5H3. The highest BCUT2D eigenvalue weighted by atomic mass is 16.5. The molecule has 134 valence electrons. The molecule has 0 aliphatic carbocycles. The molecule has 0 bridgehead atoms. The van der Waals surface area contributed by atoms with Gasteiger partial charge >= 0.3 is 0 Å². The number of ether oxygens (including phenoxy) is 3. The summed E-state index contributed by atoms with van der Waals surface area (Å²) in [5.74, 6) is 1.79. The Labute approximate surface area is 143 Å². The van der Waals surface area contributed by atoms with Crippen LogP contribution in [0.25, 0.3) is 0 Å². The van der Waals surface area contributed by atoms with Gasteiger partial charge in [-0.05, 0) is 6.07 Å². The van der Waals surface area contributed by atoms with Gasteiger partial charge in [0.15, 0.2) is 11.5 Å². The molecule has 1 aromatic carbocycles. The molecule has 0 aromatic heterocycles. The van der Waals surface area contributed by atoms with E-state index in [4.69, 9.17) is 14.2 Å². The zero-order valence-electron chi connectivity index (χ0n) is 15.1. The number of amides is 1. The van der Waals surface area contributed by atoms with E-state index in [1.165, 1.54) is 0 Å². The van der Waals surface area contributed by atoms with Crippen LogP contribution in [0.5, 0.6) is 17.2 Å². The van der Waals surface area contributed by atoms with Crippen molar-refractivity contribution < 1.29 is 19.0 Å². The summed E-state index contributed by atoms with van der Waals surface area (Å²) in [6, 6.07) is 3.19. The molecular weight excluding hydrogens is 310 g/mol. The van der Waals surface area contributed by atoms with Crippen molar-refractivity contribution in [2.24, 2.45) is 0 Å². The first-order chi connectivity index (χ1) is 11.5. The van der Waals surface area contributed by atoms with E-state index < -0.39 is 6.04 Å². The summed E-state index contributed by atoms with van der Waals surface area (Å²) in [5, 5.41) is 3.32. The van der Waals surface area contributed by atoms with Crippen LogP contribution in [0.3, 0.4) is 0 Å². The molecule has 1 amide bonds. The number of nitrogens with one attached hydrogen (secondary N) is 1. The lowest BCUT2D eigenvalue weighted by Gasteiger charge is -2.36. The molecule has 1 atom stereocenters. The van der Waals surface area contributed by atoms with Crippen LogP contribution in [-0.4, -0.2) is 77.3 Å². The van der Waals surface area contributed by atoms with Gasteiger partial charge in [0, 0.05) is 51.9 Å². The Morgan fingerprint density at radius 2 is 1.58 bits per heavy atom. The van der Waals surface area contributed by atoms with Gasteiger partial charge in [-0.2, -0.15) is 0 Å². The average Bonchev–Trinajstić information content (AvgIpc) is 2.62. The zero-order chi connectivity index (χ0) is 17.7.